The molecule has 6 N–H and O–H groups in total. The minimum atomic E-state index is -4.24. The van der Waals surface area contributed by atoms with Gasteiger partial charge in [0.05, 0.1) is 5.69 Å². The number of carbonyl (C=O) groups is 3. The van der Waals surface area contributed by atoms with Crippen LogP contribution in [-0.2, 0) is 35.9 Å². The van der Waals surface area contributed by atoms with E-state index in [1.807, 2.05) is 0 Å². The van der Waals surface area contributed by atoms with E-state index in [0.29, 0.717) is 11.3 Å². The van der Waals surface area contributed by atoms with Crippen molar-refractivity contribution in [3.8, 4) is 0 Å². The molecule has 1 saturated heterocycles. The number of carboxylic acids is 1. The van der Waals surface area contributed by atoms with E-state index in [1.54, 1.807) is 29.8 Å². The van der Waals surface area contributed by atoms with Crippen LogP contribution in [0, 0.1) is 0 Å². The van der Waals surface area contributed by atoms with E-state index in [1.165, 1.54) is 18.0 Å². The van der Waals surface area contributed by atoms with E-state index < -0.39 is 45.2 Å². The summed E-state index contributed by atoms with van der Waals surface area (Å²) >= 11 is 2.13. The monoisotopic (exact) mass is 599 g/mol. The summed E-state index contributed by atoms with van der Waals surface area (Å²) in [6.45, 7) is 1.92. The number of pyridine rings is 1. The van der Waals surface area contributed by atoms with Crippen molar-refractivity contribution in [2.75, 3.05) is 29.3 Å². The molecule has 1 fully saturated rings. The number of thioether (sulfide) groups is 1. The van der Waals surface area contributed by atoms with E-state index in [-0.39, 0.29) is 41.3 Å². The molecular formula is C20H23N8O8S3+. The lowest BCUT2D eigenvalue weighted by Gasteiger charge is -2.49. The van der Waals surface area contributed by atoms with Crippen LogP contribution in [-0.4, -0.2) is 85.5 Å². The maximum Gasteiger partial charge on any atom is 0.352 e. The minimum Gasteiger partial charge on any atom is -0.477 e. The fourth-order valence-corrected chi connectivity index (χ4v) is 5.90. The number of hydrogen-bond donors (Lipinski definition) is 5. The lowest BCUT2D eigenvalue weighted by Crippen LogP contribution is -2.71. The molecule has 0 aromatic carbocycles. The zero-order valence-corrected chi connectivity index (χ0v) is 22.6. The number of aliphatic carboxylic acids is 1. The second-order valence-corrected chi connectivity index (χ2v) is 11.4. The normalized spacial score (nSPS) is 19.3. The third kappa shape index (κ3) is 6.44. The predicted molar refractivity (Wildman–Crippen MR) is 139 cm³/mol. The molecule has 19 heteroatoms. The van der Waals surface area contributed by atoms with Gasteiger partial charge in [0.25, 0.3) is 21.9 Å². The topological polar surface area (TPSA) is 230 Å². The summed E-state index contributed by atoms with van der Waals surface area (Å²) in [5.74, 6) is -3.24. The number of carbonyl (C=O) groups excluding carboxylic acids is 2. The summed E-state index contributed by atoms with van der Waals surface area (Å²) in [5, 5.41) is 18.2. The van der Waals surface area contributed by atoms with Gasteiger partial charge < -0.3 is 26.3 Å². The number of amides is 2. The van der Waals surface area contributed by atoms with Crippen molar-refractivity contribution in [3.63, 3.8) is 0 Å². The van der Waals surface area contributed by atoms with Crippen molar-refractivity contribution in [2.45, 2.75) is 24.9 Å². The molecule has 208 valence electrons. The molecule has 2 aliphatic heterocycles. The van der Waals surface area contributed by atoms with Crippen LogP contribution >= 0.6 is 23.3 Å². The third-order valence-corrected chi connectivity index (χ3v) is 7.77. The highest BCUT2D eigenvalue weighted by molar-refractivity contribution is 8.00. The Kier molecular flexibility index (Phi) is 8.33. The summed E-state index contributed by atoms with van der Waals surface area (Å²) in [6.07, 6.45) is 3.18. The highest BCUT2D eigenvalue weighted by Gasteiger charge is 2.54. The molecule has 0 bridgehead atoms. The van der Waals surface area contributed by atoms with Gasteiger partial charge in [-0.15, -0.1) is 11.8 Å². The molecule has 0 saturated carbocycles. The number of oxime groups is 1. The minimum absolute atomic E-state index is 0.0675. The molecule has 39 heavy (non-hydrogen) atoms. The number of fused-ring (bicyclic) bond motifs is 1. The summed E-state index contributed by atoms with van der Waals surface area (Å²) in [4.78, 5) is 48.2. The molecule has 2 aliphatic rings. The van der Waals surface area contributed by atoms with Gasteiger partial charge in [0.2, 0.25) is 11.5 Å². The Morgan fingerprint density at radius 3 is 2.82 bits per heavy atom. The first-order valence-electron chi connectivity index (χ1n) is 11.2. The first-order chi connectivity index (χ1) is 18.5. The summed E-state index contributed by atoms with van der Waals surface area (Å²) in [6, 6.07) is 2.16. The Hall–Kier alpha value is -3.81. The SMILES string of the molecule is CCON=C(C(=O)NC1C(=O)N2C(C(=O)O)=C(C[n+]3cccc(NCS(=O)(=O)O)c3)CS[C@H]12)c1nsc(N)n1. The Labute approximate surface area is 229 Å². The average Bonchev–Trinajstić information content (AvgIpc) is 3.31. The standard InChI is InChI=1S/C20H22N8O8S3/c1-2-36-25-12(15-24-20(21)38-26-15)16(29)23-13-17(30)28-14(19(31)32)10(8-37-18(13)28)6-27-5-3-4-11(7-27)22-9-39(33,34)35/h3-5,7,13,18,22H,2,6,8-9H2,1H3,(H4-,21,23,24,26,29,31,32,33,34,35)/p+1/t13?,18-/m1/s1. The van der Waals surface area contributed by atoms with Crippen LogP contribution < -0.4 is 20.9 Å². The highest BCUT2D eigenvalue weighted by atomic mass is 32.2. The lowest BCUT2D eigenvalue weighted by molar-refractivity contribution is -0.688. The van der Waals surface area contributed by atoms with Crippen LogP contribution in [0.25, 0.3) is 0 Å². The first kappa shape index (κ1) is 28.2. The van der Waals surface area contributed by atoms with E-state index in [9.17, 15) is 27.9 Å². The Morgan fingerprint density at radius 1 is 1.41 bits per heavy atom. The quantitative estimate of drug-likeness (QED) is 0.0676. The zero-order valence-electron chi connectivity index (χ0n) is 20.2. The molecule has 0 spiro atoms. The van der Waals surface area contributed by atoms with Crippen molar-refractivity contribution in [3.05, 3.63) is 41.6 Å². The summed E-state index contributed by atoms with van der Waals surface area (Å²) in [7, 11) is -4.24. The van der Waals surface area contributed by atoms with Gasteiger partial charge >= 0.3 is 5.97 Å². The molecule has 4 heterocycles. The second-order valence-electron chi connectivity index (χ2n) is 8.10. The molecule has 2 amide bonds. The number of carboxylic acid groups (broad SMARTS) is 1. The van der Waals surface area contributed by atoms with Gasteiger partial charge in [-0.25, -0.2) is 4.79 Å². The number of hydrogen-bond acceptors (Lipinski definition) is 13. The molecule has 0 aliphatic carbocycles. The predicted octanol–water partition coefficient (Wildman–Crippen LogP) is -1.16. The smallest absolute Gasteiger partial charge is 0.352 e. The van der Waals surface area contributed by atoms with Gasteiger partial charge in [-0.05, 0) is 13.0 Å². The number of nitrogens with one attached hydrogen (secondary N) is 2. The summed E-state index contributed by atoms with van der Waals surface area (Å²) < 4.78 is 36.5. The fourth-order valence-electron chi connectivity index (χ4n) is 3.78. The van der Waals surface area contributed by atoms with Crippen LogP contribution in [0.4, 0.5) is 10.8 Å². The van der Waals surface area contributed by atoms with Crippen LogP contribution in [0.15, 0.2) is 41.0 Å². The van der Waals surface area contributed by atoms with E-state index in [2.05, 4.69) is 25.1 Å². The number of nitrogens with zero attached hydrogens (tertiary/aromatic N) is 5. The number of anilines is 2. The van der Waals surface area contributed by atoms with Gasteiger partial charge in [0.15, 0.2) is 24.1 Å². The van der Waals surface area contributed by atoms with Gasteiger partial charge in [0.1, 0.15) is 29.6 Å². The van der Waals surface area contributed by atoms with Crippen molar-refractivity contribution in [1.82, 2.24) is 19.6 Å². The summed E-state index contributed by atoms with van der Waals surface area (Å²) in [5.41, 5.74) is 5.93. The number of nitrogens with two attached hydrogens (primary N) is 1. The zero-order chi connectivity index (χ0) is 28.3. The van der Waals surface area contributed by atoms with Gasteiger partial charge in [0, 0.05) is 28.9 Å². The maximum atomic E-state index is 13.0. The van der Waals surface area contributed by atoms with Gasteiger partial charge in [-0.3, -0.25) is 19.0 Å². The molecule has 4 rings (SSSR count). The first-order valence-corrected chi connectivity index (χ1v) is 14.6. The number of aromatic nitrogens is 3. The van der Waals surface area contributed by atoms with Gasteiger partial charge in [-0.2, -0.15) is 22.3 Å². The molecular weight excluding hydrogens is 576 g/mol. The number of rotatable bonds is 11. The van der Waals surface area contributed by atoms with Crippen molar-refractivity contribution < 1.29 is 41.9 Å². The van der Waals surface area contributed by atoms with E-state index >= 15 is 0 Å². The average molecular weight is 600 g/mol. The molecule has 2 aromatic heterocycles. The van der Waals surface area contributed by atoms with Crippen molar-refractivity contribution >= 4 is 67.7 Å². The Morgan fingerprint density at radius 2 is 2.18 bits per heavy atom. The van der Waals surface area contributed by atoms with E-state index in [0.717, 1.165) is 16.4 Å². The molecule has 0 radical (unpaired) electrons. The highest BCUT2D eigenvalue weighted by Crippen LogP contribution is 2.40. The molecule has 16 nitrogen and oxygen atoms in total. The second kappa shape index (κ2) is 11.5. The third-order valence-electron chi connectivity index (χ3n) is 5.38. The van der Waals surface area contributed by atoms with Crippen molar-refractivity contribution in [1.29, 1.82) is 0 Å². The van der Waals surface area contributed by atoms with Gasteiger partial charge in [-0.1, -0.05) is 5.16 Å². The molecule has 2 atom stereocenters. The van der Waals surface area contributed by atoms with Crippen LogP contribution in [0.3, 0.4) is 0 Å². The number of β-lactam (4-membered cyclic amide) rings is 1. The van der Waals surface area contributed by atoms with Crippen LogP contribution in [0.1, 0.15) is 12.7 Å². The van der Waals surface area contributed by atoms with Crippen LogP contribution in [0.5, 0.6) is 0 Å². The number of nitrogen functional groups attached to an aromatic ring is 1. The Balaban J connectivity index is 1.51. The van der Waals surface area contributed by atoms with E-state index in [4.69, 9.17) is 15.1 Å². The van der Waals surface area contributed by atoms with Crippen LogP contribution in [0.2, 0.25) is 0 Å². The lowest BCUT2D eigenvalue weighted by atomic mass is 10.0. The largest absolute Gasteiger partial charge is 0.477 e. The maximum absolute atomic E-state index is 13.0. The Bertz CT molecular complexity index is 1470. The van der Waals surface area contributed by atoms with Crippen molar-refractivity contribution in [2.24, 2.45) is 5.16 Å². The fraction of sp³-hybridized carbons (Fsp3) is 0.350. The molecule has 1 unspecified atom stereocenters. The molecule has 2 aromatic rings.